The number of amides is 2. The van der Waals surface area contributed by atoms with Gasteiger partial charge in [-0.15, -0.1) is 0 Å². The number of alkyl halides is 3. The lowest BCUT2D eigenvalue weighted by Gasteiger charge is -2.08. The second-order valence-corrected chi connectivity index (χ2v) is 5.27. The summed E-state index contributed by atoms with van der Waals surface area (Å²) in [4.78, 5) is 34.5. The number of imide groups is 1. The second-order valence-electron chi connectivity index (χ2n) is 4.28. The van der Waals surface area contributed by atoms with E-state index in [4.69, 9.17) is 5.11 Å². The van der Waals surface area contributed by atoms with E-state index >= 15 is 0 Å². The van der Waals surface area contributed by atoms with Gasteiger partial charge in [0.2, 0.25) is 0 Å². The number of rotatable bonds is 3. The molecule has 1 aromatic rings. The third-order valence-electron chi connectivity index (χ3n) is 2.70. The molecule has 0 spiro atoms. The van der Waals surface area contributed by atoms with Gasteiger partial charge in [-0.3, -0.25) is 19.3 Å². The van der Waals surface area contributed by atoms with E-state index in [0.717, 1.165) is 24.3 Å². The molecule has 1 aliphatic heterocycles. The van der Waals surface area contributed by atoms with Gasteiger partial charge in [0.25, 0.3) is 11.1 Å². The molecular weight excluding hydrogens is 323 g/mol. The van der Waals surface area contributed by atoms with Gasteiger partial charge < -0.3 is 5.11 Å². The molecule has 0 atom stereocenters. The van der Waals surface area contributed by atoms with Crippen molar-refractivity contribution in [2.24, 2.45) is 0 Å². The standard InChI is InChI=1S/C13H8F3NO4S/c14-13(15,16)8-3-1-7(2-4-8)5-9-11(20)17(6-10(18)19)12(21)22-9/h1-5H,6H2,(H,18,19). The number of carboxylic acids is 1. The van der Waals surface area contributed by atoms with E-state index in [0.29, 0.717) is 22.2 Å². The van der Waals surface area contributed by atoms with E-state index in [1.807, 2.05) is 0 Å². The average Bonchev–Trinajstić information content (AvgIpc) is 2.66. The van der Waals surface area contributed by atoms with Crippen LogP contribution in [0.4, 0.5) is 18.0 Å². The summed E-state index contributed by atoms with van der Waals surface area (Å²) in [6, 6.07) is 4.03. The topological polar surface area (TPSA) is 74.7 Å². The molecule has 1 aliphatic rings. The lowest BCUT2D eigenvalue weighted by molar-refractivity contribution is -0.140. The normalized spacial score (nSPS) is 17.4. The van der Waals surface area contributed by atoms with E-state index in [1.54, 1.807) is 0 Å². The van der Waals surface area contributed by atoms with Crippen molar-refractivity contribution in [3.8, 4) is 0 Å². The quantitative estimate of drug-likeness (QED) is 0.862. The maximum atomic E-state index is 12.4. The Morgan fingerprint density at radius 2 is 1.82 bits per heavy atom. The van der Waals surface area contributed by atoms with Crippen molar-refractivity contribution in [3.05, 3.63) is 40.3 Å². The number of benzene rings is 1. The summed E-state index contributed by atoms with van der Waals surface area (Å²) in [5, 5.41) is 7.88. The molecule has 0 aliphatic carbocycles. The van der Waals surface area contributed by atoms with E-state index in [-0.39, 0.29) is 4.91 Å². The van der Waals surface area contributed by atoms with Crippen LogP contribution in [0.2, 0.25) is 0 Å². The van der Waals surface area contributed by atoms with Gasteiger partial charge in [-0.2, -0.15) is 13.2 Å². The highest BCUT2D eigenvalue weighted by Crippen LogP contribution is 2.33. The van der Waals surface area contributed by atoms with Crippen LogP contribution in [0.3, 0.4) is 0 Å². The first kappa shape index (κ1) is 16.1. The minimum atomic E-state index is -4.46. The van der Waals surface area contributed by atoms with Gasteiger partial charge in [-0.05, 0) is 35.5 Å². The van der Waals surface area contributed by atoms with Crippen LogP contribution in [-0.4, -0.2) is 33.7 Å². The summed E-state index contributed by atoms with van der Waals surface area (Å²) < 4.78 is 37.3. The fourth-order valence-corrected chi connectivity index (χ4v) is 2.53. The van der Waals surface area contributed by atoms with Gasteiger partial charge in [-0.1, -0.05) is 12.1 Å². The number of carboxylic acid groups (broad SMARTS) is 1. The highest BCUT2D eigenvalue weighted by atomic mass is 32.2. The number of aliphatic carboxylic acids is 1. The number of nitrogens with zero attached hydrogens (tertiary/aromatic N) is 1. The third-order valence-corrected chi connectivity index (χ3v) is 3.61. The lowest BCUT2D eigenvalue weighted by atomic mass is 10.1. The number of carbonyl (C=O) groups excluding carboxylic acids is 2. The van der Waals surface area contributed by atoms with Crippen molar-refractivity contribution in [3.63, 3.8) is 0 Å². The van der Waals surface area contributed by atoms with Crippen LogP contribution in [0.25, 0.3) is 6.08 Å². The van der Waals surface area contributed by atoms with Crippen LogP contribution >= 0.6 is 11.8 Å². The van der Waals surface area contributed by atoms with E-state index in [9.17, 15) is 27.6 Å². The van der Waals surface area contributed by atoms with Crippen LogP contribution in [0.5, 0.6) is 0 Å². The van der Waals surface area contributed by atoms with Gasteiger partial charge in [0.15, 0.2) is 0 Å². The molecule has 1 heterocycles. The maximum absolute atomic E-state index is 12.4. The maximum Gasteiger partial charge on any atom is 0.416 e. The van der Waals surface area contributed by atoms with Crippen molar-refractivity contribution in [2.75, 3.05) is 6.54 Å². The minimum absolute atomic E-state index is 0.0361. The monoisotopic (exact) mass is 331 g/mol. The first-order valence-corrected chi connectivity index (χ1v) is 6.64. The molecule has 0 unspecified atom stereocenters. The number of thioether (sulfide) groups is 1. The fourth-order valence-electron chi connectivity index (χ4n) is 1.69. The van der Waals surface area contributed by atoms with Gasteiger partial charge >= 0.3 is 12.1 Å². The zero-order chi connectivity index (χ0) is 16.5. The SMILES string of the molecule is O=C(O)CN1C(=O)SC(=Cc2ccc(C(F)(F)F)cc2)C1=O. The number of halogens is 3. The van der Waals surface area contributed by atoms with Crippen LogP contribution < -0.4 is 0 Å². The summed E-state index contributed by atoms with van der Waals surface area (Å²) in [6.45, 7) is -0.755. The summed E-state index contributed by atoms with van der Waals surface area (Å²) >= 11 is 0.541. The summed E-state index contributed by atoms with van der Waals surface area (Å²) in [5.41, 5.74) is -0.530. The van der Waals surface area contributed by atoms with Crippen molar-refractivity contribution in [1.82, 2.24) is 4.90 Å². The Morgan fingerprint density at radius 3 is 2.32 bits per heavy atom. The highest BCUT2D eigenvalue weighted by molar-refractivity contribution is 8.18. The summed E-state index contributed by atoms with van der Waals surface area (Å²) in [6.07, 6.45) is -3.22. The molecule has 0 aromatic heterocycles. The second kappa shape index (κ2) is 5.84. The molecular formula is C13H8F3NO4S. The molecule has 2 rings (SSSR count). The Bertz CT molecular complexity index is 667. The Morgan fingerprint density at radius 1 is 1.23 bits per heavy atom. The molecule has 9 heteroatoms. The summed E-state index contributed by atoms with van der Waals surface area (Å²) in [7, 11) is 0. The van der Waals surface area contributed by atoms with Crippen molar-refractivity contribution in [2.45, 2.75) is 6.18 Å². The van der Waals surface area contributed by atoms with E-state index in [2.05, 4.69) is 0 Å². The Kier molecular flexibility index (Phi) is 4.27. The zero-order valence-corrected chi connectivity index (χ0v) is 11.6. The van der Waals surface area contributed by atoms with Crippen LogP contribution in [0.1, 0.15) is 11.1 Å². The zero-order valence-electron chi connectivity index (χ0n) is 10.8. The van der Waals surface area contributed by atoms with Crippen molar-refractivity contribution >= 4 is 35.0 Å². The van der Waals surface area contributed by atoms with E-state index in [1.165, 1.54) is 6.08 Å². The molecule has 0 radical (unpaired) electrons. The molecule has 1 aromatic carbocycles. The minimum Gasteiger partial charge on any atom is -0.480 e. The predicted molar refractivity (Wildman–Crippen MR) is 71.8 cm³/mol. The first-order chi connectivity index (χ1) is 10.2. The number of hydrogen-bond donors (Lipinski definition) is 1. The van der Waals surface area contributed by atoms with Crippen LogP contribution in [-0.2, 0) is 15.8 Å². The Labute approximate surface area is 126 Å². The average molecular weight is 331 g/mol. The molecule has 0 bridgehead atoms. The highest BCUT2D eigenvalue weighted by Gasteiger charge is 2.36. The van der Waals surface area contributed by atoms with Gasteiger partial charge in [-0.25, -0.2) is 0 Å². The largest absolute Gasteiger partial charge is 0.480 e. The molecule has 0 saturated carbocycles. The Hall–Kier alpha value is -2.29. The summed E-state index contributed by atoms with van der Waals surface area (Å²) in [5.74, 6) is -2.12. The molecule has 2 amide bonds. The smallest absolute Gasteiger partial charge is 0.416 e. The first-order valence-electron chi connectivity index (χ1n) is 5.83. The van der Waals surface area contributed by atoms with Crippen LogP contribution in [0, 0.1) is 0 Å². The van der Waals surface area contributed by atoms with Gasteiger partial charge in [0.05, 0.1) is 10.5 Å². The van der Waals surface area contributed by atoms with E-state index < -0.39 is 35.4 Å². The van der Waals surface area contributed by atoms with Gasteiger partial charge in [0.1, 0.15) is 6.54 Å². The third kappa shape index (κ3) is 3.48. The van der Waals surface area contributed by atoms with Crippen molar-refractivity contribution < 1.29 is 32.7 Å². The molecule has 1 N–H and O–H groups in total. The fraction of sp³-hybridized carbons (Fsp3) is 0.154. The predicted octanol–water partition coefficient (Wildman–Crippen LogP) is 2.83. The molecule has 5 nitrogen and oxygen atoms in total. The number of carbonyl (C=O) groups is 3. The Balaban J connectivity index is 2.22. The van der Waals surface area contributed by atoms with Gasteiger partial charge in [0, 0.05) is 0 Å². The molecule has 1 saturated heterocycles. The lowest BCUT2D eigenvalue weighted by Crippen LogP contribution is -2.33. The molecule has 1 fully saturated rings. The molecule has 22 heavy (non-hydrogen) atoms. The molecule has 116 valence electrons. The van der Waals surface area contributed by atoms with Crippen LogP contribution in [0.15, 0.2) is 29.2 Å². The number of hydrogen-bond acceptors (Lipinski definition) is 4. The van der Waals surface area contributed by atoms with Crippen molar-refractivity contribution in [1.29, 1.82) is 0 Å².